The second-order valence-electron chi connectivity index (χ2n) is 7.06. The number of thiophene rings is 1. The zero-order chi connectivity index (χ0) is 19.9. The molecule has 2 aromatic carbocycles. The first-order chi connectivity index (χ1) is 13.3. The molecule has 2 unspecified atom stereocenters. The fourth-order valence-corrected chi connectivity index (χ4v) is 5.73. The molecule has 0 amide bonds. The number of benzene rings is 2. The van der Waals surface area contributed by atoms with Crippen molar-refractivity contribution in [1.82, 2.24) is 4.72 Å². The van der Waals surface area contributed by atoms with Crippen LogP contribution in [-0.4, -0.2) is 25.0 Å². The third-order valence-electron chi connectivity index (χ3n) is 5.04. The van der Waals surface area contributed by atoms with Gasteiger partial charge in [0.1, 0.15) is 5.54 Å². The zero-order valence-corrected chi connectivity index (χ0v) is 16.8. The Morgan fingerprint density at radius 3 is 2.39 bits per heavy atom. The van der Waals surface area contributed by atoms with Gasteiger partial charge in [-0.15, -0.1) is 11.3 Å². The first-order valence-corrected chi connectivity index (χ1v) is 11.2. The van der Waals surface area contributed by atoms with E-state index in [-0.39, 0.29) is 17.2 Å². The van der Waals surface area contributed by atoms with Crippen LogP contribution in [0.15, 0.2) is 70.9 Å². The molecule has 1 fully saturated rings. The predicted octanol–water partition coefficient (Wildman–Crippen LogP) is 4.01. The summed E-state index contributed by atoms with van der Waals surface area (Å²) in [6.07, 6.45) is 0.234. The minimum Gasteiger partial charge on any atom is -0.480 e. The molecule has 1 saturated carbocycles. The monoisotopic (exact) mass is 413 g/mol. The molecule has 1 heterocycles. The molecular weight excluding hydrogens is 394 g/mol. The van der Waals surface area contributed by atoms with Crippen LogP contribution in [-0.2, 0) is 14.8 Å². The van der Waals surface area contributed by atoms with Crippen molar-refractivity contribution in [3.63, 3.8) is 0 Å². The summed E-state index contributed by atoms with van der Waals surface area (Å²) < 4.78 is 28.1. The highest BCUT2D eigenvalue weighted by molar-refractivity contribution is 7.89. The molecule has 28 heavy (non-hydrogen) atoms. The van der Waals surface area contributed by atoms with Crippen molar-refractivity contribution in [1.29, 1.82) is 0 Å². The van der Waals surface area contributed by atoms with Crippen molar-refractivity contribution in [3.05, 3.63) is 77.2 Å². The number of sulfonamides is 1. The lowest BCUT2D eigenvalue weighted by Gasteiger charge is -2.16. The number of aliphatic carboxylic acids is 1. The molecule has 1 aromatic heterocycles. The van der Waals surface area contributed by atoms with Gasteiger partial charge in [0.05, 0.1) is 4.90 Å². The van der Waals surface area contributed by atoms with Crippen LogP contribution in [0.25, 0.3) is 10.4 Å². The van der Waals surface area contributed by atoms with Gasteiger partial charge in [-0.05, 0) is 53.6 Å². The molecule has 7 heteroatoms. The standard InChI is InChI=1S/C21H19NO4S2/c1-14-11-19(27-13-14)16-7-9-17(10-8-16)28(25,26)22-21(20(23)24)12-18(21)15-5-3-2-4-6-15/h2-11,13,18,22H,12H2,1H3,(H,23,24). The molecule has 5 nitrogen and oxygen atoms in total. The summed E-state index contributed by atoms with van der Waals surface area (Å²) in [6.45, 7) is 2.01. The van der Waals surface area contributed by atoms with E-state index in [1.165, 1.54) is 12.1 Å². The highest BCUT2D eigenvalue weighted by Crippen LogP contribution is 2.52. The minimum absolute atomic E-state index is 0.0591. The molecule has 2 atom stereocenters. The quantitative estimate of drug-likeness (QED) is 0.640. The predicted molar refractivity (Wildman–Crippen MR) is 109 cm³/mol. The lowest BCUT2D eigenvalue weighted by Crippen LogP contribution is -2.44. The van der Waals surface area contributed by atoms with Crippen LogP contribution in [0, 0.1) is 6.92 Å². The molecule has 0 spiro atoms. The molecule has 144 valence electrons. The summed E-state index contributed by atoms with van der Waals surface area (Å²) in [7, 11) is -3.96. The molecule has 1 aliphatic rings. The fraction of sp³-hybridized carbons (Fsp3) is 0.190. The third-order valence-corrected chi connectivity index (χ3v) is 7.66. The van der Waals surface area contributed by atoms with E-state index in [1.807, 2.05) is 48.7 Å². The third kappa shape index (κ3) is 3.37. The van der Waals surface area contributed by atoms with Crippen molar-refractivity contribution in [2.24, 2.45) is 0 Å². The maximum absolute atomic E-state index is 12.8. The van der Waals surface area contributed by atoms with Crippen molar-refractivity contribution >= 4 is 27.3 Å². The molecule has 0 radical (unpaired) electrons. The van der Waals surface area contributed by atoms with E-state index in [1.54, 1.807) is 23.5 Å². The van der Waals surface area contributed by atoms with Gasteiger partial charge < -0.3 is 5.11 Å². The van der Waals surface area contributed by atoms with E-state index in [9.17, 15) is 18.3 Å². The Labute approximate surface area is 167 Å². The van der Waals surface area contributed by atoms with Crippen molar-refractivity contribution in [2.75, 3.05) is 0 Å². The summed E-state index contributed by atoms with van der Waals surface area (Å²) in [5.74, 6) is -1.54. The van der Waals surface area contributed by atoms with E-state index in [2.05, 4.69) is 4.72 Å². The number of carboxylic acids is 1. The van der Waals surface area contributed by atoms with Gasteiger partial charge in [0.2, 0.25) is 10.0 Å². The Bertz CT molecular complexity index is 1120. The first-order valence-electron chi connectivity index (χ1n) is 8.80. The largest absolute Gasteiger partial charge is 0.480 e. The number of hydrogen-bond acceptors (Lipinski definition) is 4. The molecule has 0 saturated heterocycles. The van der Waals surface area contributed by atoms with Gasteiger partial charge in [-0.1, -0.05) is 42.5 Å². The number of aryl methyl sites for hydroxylation is 1. The molecule has 0 bridgehead atoms. The lowest BCUT2D eigenvalue weighted by atomic mass is 10.1. The summed E-state index contributed by atoms with van der Waals surface area (Å²) in [4.78, 5) is 13.0. The molecular formula is C21H19NO4S2. The van der Waals surface area contributed by atoms with Gasteiger partial charge in [-0.25, -0.2) is 8.42 Å². The topological polar surface area (TPSA) is 83.5 Å². The minimum atomic E-state index is -3.96. The fourth-order valence-electron chi connectivity index (χ4n) is 3.42. The van der Waals surface area contributed by atoms with Gasteiger partial charge in [0, 0.05) is 10.8 Å². The Hall–Kier alpha value is -2.48. The van der Waals surface area contributed by atoms with Crippen LogP contribution in [0.3, 0.4) is 0 Å². The highest BCUT2D eigenvalue weighted by atomic mass is 32.2. The van der Waals surface area contributed by atoms with E-state index in [0.717, 1.165) is 21.6 Å². The van der Waals surface area contributed by atoms with Crippen LogP contribution in [0.1, 0.15) is 23.5 Å². The van der Waals surface area contributed by atoms with Gasteiger partial charge in [-0.3, -0.25) is 4.79 Å². The van der Waals surface area contributed by atoms with Crippen LogP contribution in [0.5, 0.6) is 0 Å². The van der Waals surface area contributed by atoms with Crippen LogP contribution in [0.2, 0.25) is 0 Å². The lowest BCUT2D eigenvalue weighted by molar-refractivity contribution is -0.140. The summed E-state index contributed by atoms with van der Waals surface area (Å²) in [6, 6.07) is 17.7. The maximum atomic E-state index is 12.8. The number of nitrogens with one attached hydrogen (secondary N) is 1. The van der Waals surface area contributed by atoms with E-state index in [4.69, 9.17) is 0 Å². The van der Waals surface area contributed by atoms with Gasteiger partial charge in [0.15, 0.2) is 0 Å². The van der Waals surface area contributed by atoms with E-state index in [0.29, 0.717) is 0 Å². The second kappa shape index (κ2) is 6.84. The smallest absolute Gasteiger partial charge is 0.325 e. The average Bonchev–Trinajstić information content (AvgIpc) is 3.24. The van der Waals surface area contributed by atoms with Crippen LogP contribution >= 0.6 is 11.3 Å². The van der Waals surface area contributed by atoms with Crippen molar-refractivity contribution in [3.8, 4) is 10.4 Å². The zero-order valence-electron chi connectivity index (χ0n) is 15.1. The summed E-state index contributed by atoms with van der Waals surface area (Å²) >= 11 is 1.60. The van der Waals surface area contributed by atoms with Gasteiger partial charge in [0.25, 0.3) is 0 Å². The molecule has 0 aliphatic heterocycles. The average molecular weight is 414 g/mol. The SMILES string of the molecule is Cc1csc(-c2ccc(S(=O)(=O)NC3(C(=O)O)CC3c3ccccc3)cc2)c1. The number of carboxylic acid groups (broad SMARTS) is 1. The molecule has 4 rings (SSSR count). The molecule has 3 aromatic rings. The highest BCUT2D eigenvalue weighted by Gasteiger charge is 2.63. The second-order valence-corrected chi connectivity index (χ2v) is 9.66. The molecule has 2 N–H and O–H groups in total. The van der Waals surface area contributed by atoms with Gasteiger partial charge in [-0.2, -0.15) is 4.72 Å². The summed E-state index contributed by atoms with van der Waals surface area (Å²) in [5.41, 5.74) is 1.40. The first kappa shape index (κ1) is 18.9. The number of carbonyl (C=O) groups is 1. The Morgan fingerprint density at radius 1 is 1.14 bits per heavy atom. The number of rotatable bonds is 6. The van der Waals surface area contributed by atoms with Crippen molar-refractivity contribution in [2.45, 2.75) is 29.7 Å². The van der Waals surface area contributed by atoms with Crippen LogP contribution < -0.4 is 4.72 Å². The Kier molecular flexibility index (Phi) is 4.61. The normalized spacial score (nSPS) is 21.4. The number of hydrogen-bond donors (Lipinski definition) is 2. The van der Waals surface area contributed by atoms with E-state index < -0.39 is 21.5 Å². The molecule has 1 aliphatic carbocycles. The van der Waals surface area contributed by atoms with Gasteiger partial charge >= 0.3 is 5.97 Å². The maximum Gasteiger partial charge on any atom is 0.325 e. The summed E-state index contributed by atoms with van der Waals surface area (Å²) in [5, 5.41) is 11.8. The van der Waals surface area contributed by atoms with Crippen LogP contribution in [0.4, 0.5) is 0 Å². The Balaban J connectivity index is 1.59. The Morgan fingerprint density at radius 2 is 1.82 bits per heavy atom. The van der Waals surface area contributed by atoms with Crippen molar-refractivity contribution < 1.29 is 18.3 Å². The van der Waals surface area contributed by atoms with E-state index >= 15 is 0 Å².